The number of hydrogen-bond acceptors (Lipinski definition) is 9. The lowest BCUT2D eigenvalue weighted by Gasteiger charge is -2.10. The highest BCUT2D eigenvalue weighted by atomic mass is 16.5. The first-order valence-electron chi connectivity index (χ1n) is 12.3. The van der Waals surface area contributed by atoms with Crippen LogP contribution in [0.2, 0.25) is 0 Å². The van der Waals surface area contributed by atoms with Crippen LogP contribution in [0.3, 0.4) is 0 Å². The van der Waals surface area contributed by atoms with Crippen molar-refractivity contribution < 1.29 is 18.8 Å². The molecule has 0 N–H and O–H groups in total. The van der Waals surface area contributed by atoms with Gasteiger partial charge in [0.05, 0.1) is 5.69 Å². The van der Waals surface area contributed by atoms with E-state index in [2.05, 4.69) is 39.3 Å². The molecular formula is C27H28N6O4. The van der Waals surface area contributed by atoms with E-state index < -0.39 is 0 Å². The van der Waals surface area contributed by atoms with Gasteiger partial charge in [0.25, 0.3) is 0 Å². The van der Waals surface area contributed by atoms with Crippen molar-refractivity contribution in [1.82, 2.24) is 30.0 Å². The van der Waals surface area contributed by atoms with Gasteiger partial charge in [-0.3, -0.25) is 9.78 Å². The Balaban J connectivity index is 1.40. The fourth-order valence-electron chi connectivity index (χ4n) is 4.29. The van der Waals surface area contributed by atoms with Crippen LogP contribution >= 0.6 is 0 Å². The molecule has 0 radical (unpaired) electrons. The summed E-state index contributed by atoms with van der Waals surface area (Å²) in [5.41, 5.74) is 2.37. The summed E-state index contributed by atoms with van der Waals surface area (Å²) in [6.45, 7) is 4.71. The van der Waals surface area contributed by atoms with Gasteiger partial charge < -0.3 is 14.0 Å². The fraction of sp³-hybridized carbons (Fsp3) is 0.333. The molecule has 1 atom stereocenters. The Morgan fingerprint density at radius 3 is 2.70 bits per heavy atom. The molecular weight excluding hydrogens is 472 g/mol. The molecule has 1 unspecified atom stereocenters. The van der Waals surface area contributed by atoms with E-state index >= 15 is 0 Å². The van der Waals surface area contributed by atoms with Crippen LogP contribution in [0, 0.1) is 5.92 Å². The smallest absolute Gasteiger partial charge is 0.240 e. The Bertz CT molecular complexity index is 1530. The number of pyridine rings is 1. The molecule has 5 aromatic rings. The monoisotopic (exact) mass is 500 g/mol. The van der Waals surface area contributed by atoms with Gasteiger partial charge in [-0.25, -0.2) is 0 Å². The highest BCUT2D eigenvalue weighted by molar-refractivity contribution is 5.97. The standard InChI is InChI=1S/C27H28N6O4/c1-4-7-17(2)12-24(34)18-10-11-19(28-14-18)15-36-27-22-9-6-5-8-21(22)25-29-30-26(33(25)31-27)23-13-20(16-35-3)37-32-23/h5-6,8-11,13-14,17H,4,7,12,15-16H2,1-3H3. The largest absolute Gasteiger partial charge is 0.470 e. The quantitative estimate of drug-likeness (QED) is 0.229. The maximum absolute atomic E-state index is 12.5. The Morgan fingerprint density at radius 2 is 1.95 bits per heavy atom. The van der Waals surface area contributed by atoms with Crippen molar-refractivity contribution in [2.75, 3.05) is 7.11 Å². The number of carbonyl (C=O) groups is 1. The number of benzene rings is 1. The first-order valence-corrected chi connectivity index (χ1v) is 12.3. The molecule has 1 aromatic carbocycles. The molecule has 10 nitrogen and oxygen atoms in total. The number of aromatic nitrogens is 6. The molecule has 0 aliphatic heterocycles. The summed E-state index contributed by atoms with van der Waals surface area (Å²) >= 11 is 0. The zero-order chi connectivity index (χ0) is 25.8. The number of methoxy groups -OCH3 is 1. The fourth-order valence-corrected chi connectivity index (χ4v) is 4.29. The molecule has 37 heavy (non-hydrogen) atoms. The molecule has 4 aromatic heterocycles. The summed E-state index contributed by atoms with van der Waals surface area (Å²) in [5, 5.41) is 19.0. The molecule has 0 fully saturated rings. The number of rotatable bonds is 11. The molecule has 0 amide bonds. The first kappa shape index (κ1) is 24.5. The van der Waals surface area contributed by atoms with Crippen molar-refractivity contribution in [1.29, 1.82) is 0 Å². The number of ether oxygens (including phenoxy) is 2. The van der Waals surface area contributed by atoms with Crippen LogP contribution in [0.4, 0.5) is 0 Å². The summed E-state index contributed by atoms with van der Waals surface area (Å²) < 4.78 is 18.1. The molecule has 190 valence electrons. The third-order valence-electron chi connectivity index (χ3n) is 6.12. The number of hydrogen-bond donors (Lipinski definition) is 0. The molecule has 4 heterocycles. The van der Waals surface area contributed by atoms with E-state index in [0.717, 1.165) is 23.6 Å². The highest BCUT2D eigenvalue weighted by Gasteiger charge is 2.19. The van der Waals surface area contributed by atoms with Crippen molar-refractivity contribution in [2.45, 2.75) is 46.3 Å². The van der Waals surface area contributed by atoms with E-state index in [1.54, 1.807) is 23.9 Å². The molecule has 0 saturated carbocycles. The van der Waals surface area contributed by atoms with Crippen LogP contribution in [-0.4, -0.2) is 42.8 Å². The van der Waals surface area contributed by atoms with Crippen molar-refractivity contribution in [3.8, 4) is 17.4 Å². The van der Waals surface area contributed by atoms with Crippen LogP contribution in [0.5, 0.6) is 5.88 Å². The predicted molar refractivity (Wildman–Crippen MR) is 136 cm³/mol. The Labute approximate surface area is 213 Å². The number of carbonyl (C=O) groups excluding carboxylic acids is 1. The van der Waals surface area contributed by atoms with Crippen molar-refractivity contribution in [3.05, 3.63) is 65.7 Å². The Morgan fingerprint density at radius 1 is 1.11 bits per heavy atom. The lowest BCUT2D eigenvalue weighted by atomic mass is 9.97. The summed E-state index contributed by atoms with van der Waals surface area (Å²) in [7, 11) is 1.58. The summed E-state index contributed by atoms with van der Waals surface area (Å²) in [4.78, 5) is 17.0. The van der Waals surface area contributed by atoms with Crippen molar-refractivity contribution in [2.24, 2.45) is 5.92 Å². The summed E-state index contributed by atoms with van der Waals surface area (Å²) in [6.07, 6.45) is 4.26. The van der Waals surface area contributed by atoms with Gasteiger partial charge >= 0.3 is 0 Å². The SMILES string of the molecule is CCCC(C)CC(=O)c1ccc(COc2nn3c(-c4cc(COC)on4)nnc3c3ccccc23)nc1. The molecule has 10 heteroatoms. The topological polar surface area (TPSA) is 118 Å². The second-order valence-electron chi connectivity index (χ2n) is 9.07. The normalized spacial score (nSPS) is 12.3. The third kappa shape index (κ3) is 5.19. The van der Waals surface area contributed by atoms with Gasteiger partial charge in [-0.2, -0.15) is 4.52 Å². The second-order valence-corrected chi connectivity index (χ2v) is 9.07. The molecule has 0 aliphatic carbocycles. The number of nitrogens with zero attached hydrogens (tertiary/aromatic N) is 6. The average molecular weight is 501 g/mol. The predicted octanol–water partition coefficient (Wildman–Crippen LogP) is 5.06. The van der Waals surface area contributed by atoms with Crippen LogP contribution in [0.25, 0.3) is 27.9 Å². The number of ketones is 1. The second kappa shape index (κ2) is 10.8. The summed E-state index contributed by atoms with van der Waals surface area (Å²) in [5.74, 6) is 1.87. The minimum Gasteiger partial charge on any atom is -0.470 e. The van der Waals surface area contributed by atoms with Gasteiger partial charge in [0.2, 0.25) is 11.7 Å². The van der Waals surface area contributed by atoms with Gasteiger partial charge in [-0.15, -0.1) is 15.3 Å². The van der Waals surface area contributed by atoms with Crippen LogP contribution in [0.1, 0.15) is 54.9 Å². The van der Waals surface area contributed by atoms with Crippen LogP contribution < -0.4 is 4.74 Å². The van der Waals surface area contributed by atoms with Gasteiger partial charge in [0.1, 0.15) is 13.2 Å². The van der Waals surface area contributed by atoms with Gasteiger partial charge in [-0.1, -0.05) is 50.0 Å². The summed E-state index contributed by atoms with van der Waals surface area (Å²) in [6, 6.07) is 13.1. The average Bonchev–Trinajstić information content (AvgIpc) is 3.55. The minimum atomic E-state index is 0.112. The maximum atomic E-state index is 12.5. The lowest BCUT2D eigenvalue weighted by molar-refractivity contribution is 0.0962. The lowest BCUT2D eigenvalue weighted by Crippen LogP contribution is -2.08. The minimum absolute atomic E-state index is 0.112. The van der Waals surface area contributed by atoms with Crippen molar-refractivity contribution >= 4 is 22.2 Å². The number of fused-ring (bicyclic) bond motifs is 3. The molecule has 0 aliphatic rings. The Kier molecular flexibility index (Phi) is 7.18. The molecule has 0 saturated heterocycles. The van der Waals surface area contributed by atoms with E-state index in [4.69, 9.17) is 14.0 Å². The molecule has 5 rings (SSSR count). The zero-order valence-corrected chi connectivity index (χ0v) is 21.0. The van der Waals surface area contributed by atoms with E-state index in [-0.39, 0.29) is 12.4 Å². The van der Waals surface area contributed by atoms with Gasteiger partial charge in [0.15, 0.2) is 22.9 Å². The number of Topliss-reactive ketones (excluding diaryl/α,β-unsaturated/α-hetero) is 1. The first-order chi connectivity index (χ1) is 18.1. The van der Waals surface area contributed by atoms with Crippen LogP contribution in [-0.2, 0) is 18.0 Å². The zero-order valence-electron chi connectivity index (χ0n) is 21.0. The van der Waals surface area contributed by atoms with E-state index in [0.29, 0.717) is 59.0 Å². The third-order valence-corrected chi connectivity index (χ3v) is 6.12. The highest BCUT2D eigenvalue weighted by Crippen LogP contribution is 2.29. The van der Waals surface area contributed by atoms with Gasteiger partial charge in [-0.05, 0) is 24.1 Å². The van der Waals surface area contributed by atoms with E-state index in [1.807, 2.05) is 36.4 Å². The van der Waals surface area contributed by atoms with E-state index in [9.17, 15) is 4.79 Å². The molecule has 0 bridgehead atoms. The Hall–Kier alpha value is -4.18. The van der Waals surface area contributed by atoms with Crippen LogP contribution in [0.15, 0.2) is 53.2 Å². The van der Waals surface area contributed by atoms with Gasteiger partial charge in [0, 0.05) is 42.1 Å². The maximum Gasteiger partial charge on any atom is 0.240 e. The molecule has 0 spiro atoms. The van der Waals surface area contributed by atoms with E-state index in [1.165, 1.54) is 0 Å². The van der Waals surface area contributed by atoms with Crippen molar-refractivity contribution in [3.63, 3.8) is 0 Å².